The van der Waals surface area contributed by atoms with Crippen LogP contribution in [0.25, 0.3) is 0 Å². The average Bonchev–Trinajstić information content (AvgIpc) is 2.34. The van der Waals surface area contributed by atoms with Crippen molar-refractivity contribution in [2.24, 2.45) is 5.73 Å². The number of carbonyl (C=O) groups excluding carboxylic acids is 2. The molecule has 0 aliphatic carbocycles. The Hall–Kier alpha value is -2.04. The Labute approximate surface area is 99.5 Å². The Bertz CT molecular complexity index is 403. The summed E-state index contributed by atoms with van der Waals surface area (Å²) in [5.74, 6) is -0.379. The zero-order valence-corrected chi connectivity index (χ0v) is 9.64. The molecule has 0 saturated heterocycles. The molecule has 0 saturated carbocycles. The second-order valence-corrected chi connectivity index (χ2v) is 3.39. The summed E-state index contributed by atoms with van der Waals surface area (Å²) in [5.41, 5.74) is 5.53. The van der Waals surface area contributed by atoms with E-state index in [4.69, 9.17) is 10.5 Å². The number of benzene rings is 1. The van der Waals surface area contributed by atoms with Crippen molar-refractivity contribution >= 4 is 11.9 Å². The van der Waals surface area contributed by atoms with Gasteiger partial charge in [0.2, 0.25) is 0 Å². The number of hydrogen-bond acceptors (Lipinski definition) is 4. The summed E-state index contributed by atoms with van der Waals surface area (Å²) in [6.07, 6.45) is 0.814. The van der Waals surface area contributed by atoms with Crippen LogP contribution in [0.4, 0.5) is 0 Å². The van der Waals surface area contributed by atoms with E-state index < -0.39 is 5.91 Å². The van der Waals surface area contributed by atoms with Gasteiger partial charge in [-0.05, 0) is 18.6 Å². The molecule has 1 rings (SSSR count). The number of nitrogens with two attached hydrogens (primary N) is 1. The molecule has 0 aromatic heterocycles. The lowest BCUT2D eigenvalue weighted by atomic mass is 10.2. The highest BCUT2D eigenvalue weighted by atomic mass is 16.5. The van der Waals surface area contributed by atoms with Crippen LogP contribution in [0.3, 0.4) is 0 Å². The number of primary amides is 1. The molecular weight excluding hydrogens is 222 g/mol. The lowest BCUT2D eigenvalue weighted by Gasteiger charge is -2.08. The predicted molar refractivity (Wildman–Crippen MR) is 61.7 cm³/mol. The number of ether oxygens (including phenoxy) is 2. The molecule has 2 N–H and O–H groups in total. The Morgan fingerprint density at radius 2 is 2.00 bits per heavy atom. The quantitative estimate of drug-likeness (QED) is 0.594. The van der Waals surface area contributed by atoms with Gasteiger partial charge in [-0.2, -0.15) is 0 Å². The minimum atomic E-state index is -0.534. The first-order valence-electron chi connectivity index (χ1n) is 5.23. The minimum Gasteiger partial charge on any atom is -0.493 e. The molecule has 92 valence electrons. The fraction of sp³-hybridized carbons (Fsp3) is 0.333. The number of esters is 1. The lowest BCUT2D eigenvalue weighted by Crippen LogP contribution is -2.13. The second-order valence-electron chi connectivity index (χ2n) is 3.39. The Balaban J connectivity index is 2.46. The molecule has 0 spiro atoms. The number of hydrogen-bond donors (Lipinski definition) is 1. The third-order valence-corrected chi connectivity index (χ3v) is 2.16. The number of rotatable bonds is 6. The van der Waals surface area contributed by atoms with Crippen LogP contribution in [0.1, 0.15) is 23.2 Å². The van der Waals surface area contributed by atoms with Crippen LogP contribution in [0.15, 0.2) is 24.3 Å². The molecule has 0 fully saturated rings. The molecule has 1 aromatic rings. The van der Waals surface area contributed by atoms with Crippen molar-refractivity contribution in [2.75, 3.05) is 13.7 Å². The predicted octanol–water partition coefficient (Wildman–Crippen LogP) is 1.12. The number of carbonyl (C=O) groups is 2. The summed E-state index contributed by atoms with van der Waals surface area (Å²) in [7, 11) is 1.34. The Morgan fingerprint density at radius 3 is 2.65 bits per heavy atom. The third-order valence-electron chi connectivity index (χ3n) is 2.16. The van der Waals surface area contributed by atoms with Crippen molar-refractivity contribution in [1.29, 1.82) is 0 Å². The summed E-state index contributed by atoms with van der Waals surface area (Å²) in [6.45, 7) is 0.333. The second kappa shape index (κ2) is 6.52. The van der Waals surface area contributed by atoms with Gasteiger partial charge in [-0.25, -0.2) is 0 Å². The highest BCUT2D eigenvalue weighted by molar-refractivity contribution is 5.95. The first-order chi connectivity index (χ1) is 8.15. The maximum Gasteiger partial charge on any atom is 0.305 e. The van der Waals surface area contributed by atoms with Gasteiger partial charge in [-0.1, -0.05) is 12.1 Å². The fourth-order valence-corrected chi connectivity index (χ4v) is 1.30. The molecule has 5 heteroatoms. The van der Waals surface area contributed by atoms with Crippen molar-refractivity contribution in [3.63, 3.8) is 0 Å². The summed E-state index contributed by atoms with van der Waals surface area (Å²) < 4.78 is 9.88. The molecule has 1 amide bonds. The van der Waals surface area contributed by atoms with Crippen LogP contribution in [0.2, 0.25) is 0 Å². The molecule has 0 bridgehead atoms. The highest BCUT2D eigenvalue weighted by Gasteiger charge is 2.08. The van der Waals surface area contributed by atoms with E-state index in [2.05, 4.69) is 4.74 Å². The lowest BCUT2D eigenvalue weighted by molar-refractivity contribution is -0.140. The molecule has 1 aromatic carbocycles. The van der Waals surface area contributed by atoms with E-state index in [0.717, 1.165) is 0 Å². The maximum absolute atomic E-state index is 11.1. The van der Waals surface area contributed by atoms with Gasteiger partial charge < -0.3 is 15.2 Å². The zero-order valence-electron chi connectivity index (χ0n) is 9.64. The summed E-state index contributed by atoms with van der Waals surface area (Å²) in [5, 5.41) is 0. The van der Waals surface area contributed by atoms with Crippen LogP contribution in [0, 0.1) is 0 Å². The van der Waals surface area contributed by atoms with Gasteiger partial charge in [0.15, 0.2) is 0 Å². The van der Waals surface area contributed by atoms with E-state index in [0.29, 0.717) is 24.3 Å². The van der Waals surface area contributed by atoms with Crippen LogP contribution >= 0.6 is 0 Å². The van der Waals surface area contributed by atoms with E-state index in [1.165, 1.54) is 7.11 Å². The normalized spacial score (nSPS) is 9.71. The monoisotopic (exact) mass is 237 g/mol. The number of amides is 1. The average molecular weight is 237 g/mol. The van der Waals surface area contributed by atoms with Crippen LogP contribution in [-0.4, -0.2) is 25.6 Å². The molecule has 0 atom stereocenters. The van der Waals surface area contributed by atoms with Crippen LogP contribution in [0.5, 0.6) is 5.75 Å². The molecular formula is C12H15NO4. The third kappa shape index (κ3) is 4.14. The molecule has 17 heavy (non-hydrogen) atoms. The smallest absolute Gasteiger partial charge is 0.305 e. The minimum absolute atomic E-state index is 0.281. The first-order valence-corrected chi connectivity index (χ1v) is 5.23. The molecule has 0 unspecified atom stereocenters. The summed E-state index contributed by atoms with van der Waals surface area (Å²) in [4.78, 5) is 21.9. The first kappa shape index (κ1) is 13.0. The van der Waals surface area contributed by atoms with Gasteiger partial charge in [0, 0.05) is 6.42 Å². The van der Waals surface area contributed by atoms with E-state index in [1.54, 1.807) is 24.3 Å². The van der Waals surface area contributed by atoms with E-state index in [1.807, 2.05) is 0 Å². The SMILES string of the molecule is COC(=O)CCCOc1ccccc1C(N)=O. The highest BCUT2D eigenvalue weighted by Crippen LogP contribution is 2.17. The van der Waals surface area contributed by atoms with Crippen LogP contribution < -0.4 is 10.5 Å². The van der Waals surface area contributed by atoms with E-state index in [-0.39, 0.29) is 12.4 Å². The summed E-state index contributed by atoms with van der Waals surface area (Å²) >= 11 is 0. The van der Waals surface area contributed by atoms with Crippen molar-refractivity contribution in [1.82, 2.24) is 0 Å². The molecule has 0 aliphatic heterocycles. The van der Waals surface area contributed by atoms with Crippen molar-refractivity contribution in [3.8, 4) is 5.75 Å². The molecule has 5 nitrogen and oxygen atoms in total. The zero-order chi connectivity index (χ0) is 12.7. The summed E-state index contributed by atoms with van der Waals surface area (Å²) in [6, 6.07) is 6.72. The van der Waals surface area contributed by atoms with E-state index in [9.17, 15) is 9.59 Å². The van der Waals surface area contributed by atoms with Gasteiger partial charge >= 0.3 is 5.97 Å². The number of para-hydroxylation sites is 1. The maximum atomic E-state index is 11.1. The Kier molecular flexibility index (Phi) is 5.00. The van der Waals surface area contributed by atoms with Crippen molar-refractivity contribution < 1.29 is 19.1 Å². The van der Waals surface area contributed by atoms with Gasteiger partial charge in [-0.3, -0.25) is 9.59 Å². The number of methoxy groups -OCH3 is 1. The van der Waals surface area contributed by atoms with E-state index >= 15 is 0 Å². The van der Waals surface area contributed by atoms with Crippen molar-refractivity contribution in [3.05, 3.63) is 29.8 Å². The topological polar surface area (TPSA) is 78.6 Å². The molecule has 0 radical (unpaired) electrons. The van der Waals surface area contributed by atoms with Gasteiger partial charge in [0.05, 0.1) is 19.3 Å². The van der Waals surface area contributed by atoms with Gasteiger partial charge in [-0.15, -0.1) is 0 Å². The van der Waals surface area contributed by atoms with Crippen molar-refractivity contribution in [2.45, 2.75) is 12.8 Å². The van der Waals surface area contributed by atoms with Gasteiger partial charge in [0.25, 0.3) is 5.91 Å². The van der Waals surface area contributed by atoms with Gasteiger partial charge in [0.1, 0.15) is 5.75 Å². The molecule has 0 heterocycles. The standard InChI is InChI=1S/C12H15NO4/c1-16-11(14)7-4-8-17-10-6-3-2-5-9(10)12(13)15/h2-3,5-6H,4,7-8H2,1H3,(H2,13,15). The largest absolute Gasteiger partial charge is 0.493 e. The Morgan fingerprint density at radius 1 is 1.29 bits per heavy atom. The van der Waals surface area contributed by atoms with Crippen LogP contribution in [-0.2, 0) is 9.53 Å². The fourth-order valence-electron chi connectivity index (χ4n) is 1.30. The molecule has 0 aliphatic rings.